The predicted octanol–water partition coefficient (Wildman–Crippen LogP) is 4.24. The van der Waals surface area contributed by atoms with Gasteiger partial charge < -0.3 is 15.2 Å². The molecule has 0 bridgehead atoms. The number of nitrogens with one attached hydrogen (secondary N) is 2. The van der Waals surface area contributed by atoms with Crippen molar-refractivity contribution in [3.8, 4) is 5.75 Å². The van der Waals surface area contributed by atoms with Crippen molar-refractivity contribution in [3.63, 3.8) is 0 Å². The number of rotatable bonds is 8. The first kappa shape index (κ1) is 26.1. The van der Waals surface area contributed by atoms with Crippen LogP contribution in [0.1, 0.15) is 41.0 Å². The standard InChI is InChI=1S/C20H35N3O5SSi/c1-14(2)12-17(21-19(25)26)18(24)22-29(27,23-30(7,8)20(3,4)5)16-11-9-10-15(13-16)28-6/h9-11,13-14,17,21H,12H2,1-8H3,(H,25,26)(H,22,23,24,27)/t17-,29?/m0/s1. The molecule has 2 amide bonds. The summed E-state index contributed by atoms with van der Waals surface area (Å²) < 4.78 is 26.7. The average molecular weight is 458 g/mol. The molecule has 1 aromatic rings. The zero-order chi connectivity index (χ0) is 23.3. The van der Waals surface area contributed by atoms with E-state index in [4.69, 9.17) is 9.84 Å². The second-order valence-corrected chi connectivity index (χ2v) is 16.5. The van der Waals surface area contributed by atoms with Gasteiger partial charge in [0.1, 0.15) is 29.9 Å². The maximum absolute atomic E-state index is 14.1. The molecule has 0 aromatic heterocycles. The fraction of sp³-hybridized carbons (Fsp3) is 0.600. The number of benzene rings is 1. The van der Waals surface area contributed by atoms with Crippen molar-refractivity contribution < 1.29 is 23.6 Å². The highest BCUT2D eigenvalue weighted by Crippen LogP contribution is 2.35. The number of methoxy groups -OCH3 is 1. The number of nitrogens with zero attached hydrogens (tertiary/aromatic N) is 1. The molecule has 1 aromatic carbocycles. The minimum atomic E-state index is -3.38. The first-order valence-electron chi connectivity index (χ1n) is 9.85. The third-order valence-corrected chi connectivity index (χ3v) is 13.4. The van der Waals surface area contributed by atoms with Gasteiger partial charge in [-0.05, 0) is 35.6 Å². The lowest BCUT2D eigenvalue weighted by molar-refractivity contribution is -0.119. The number of hydrogen-bond acceptors (Lipinski definition) is 4. The fourth-order valence-electron chi connectivity index (χ4n) is 2.44. The lowest BCUT2D eigenvalue weighted by atomic mass is 10.0. The first-order valence-corrected chi connectivity index (χ1v) is 14.4. The van der Waals surface area contributed by atoms with Crippen LogP contribution in [0, 0.1) is 5.92 Å². The van der Waals surface area contributed by atoms with Gasteiger partial charge in [0.15, 0.2) is 0 Å². The maximum Gasteiger partial charge on any atom is 0.405 e. The van der Waals surface area contributed by atoms with Gasteiger partial charge in [-0.2, -0.15) is 0 Å². The van der Waals surface area contributed by atoms with Crippen LogP contribution in [-0.4, -0.2) is 42.7 Å². The Morgan fingerprint density at radius 1 is 1.27 bits per heavy atom. The van der Waals surface area contributed by atoms with Crippen LogP contribution in [0.5, 0.6) is 5.75 Å². The summed E-state index contributed by atoms with van der Waals surface area (Å²) >= 11 is 0. The molecule has 0 aliphatic rings. The van der Waals surface area contributed by atoms with Gasteiger partial charge in [0.2, 0.25) is 0 Å². The van der Waals surface area contributed by atoms with Gasteiger partial charge in [0.25, 0.3) is 5.91 Å². The first-order chi connectivity index (χ1) is 13.6. The quantitative estimate of drug-likeness (QED) is 0.505. The van der Waals surface area contributed by atoms with Crippen LogP contribution in [0.3, 0.4) is 0 Å². The third-order valence-electron chi connectivity index (χ3n) is 5.15. The molecule has 0 aliphatic heterocycles. The Morgan fingerprint density at radius 2 is 1.87 bits per heavy atom. The molecular weight excluding hydrogens is 422 g/mol. The molecular formula is C20H35N3O5SSi. The van der Waals surface area contributed by atoms with E-state index >= 15 is 0 Å². The summed E-state index contributed by atoms with van der Waals surface area (Å²) in [6, 6.07) is 5.54. The summed E-state index contributed by atoms with van der Waals surface area (Å²) in [4.78, 5) is 24.5. The van der Waals surface area contributed by atoms with Crippen LogP contribution in [0.4, 0.5) is 4.79 Å². The van der Waals surface area contributed by atoms with Crippen molar-refractivity contribution >= 4 is 30.2 Å². The second-order valence-electron chi connectivity index (χ2n) is 9.24. The summed E-state index contributed by atoms with van der Waals surface area (Å²) in [5.74, 6) is -0.227. The molecule has 0 radical (unpaired) electrons. The molecule has 3 N–H and O–H groups in total. The topological polar surface area (TPSA) is 117 Å². The van der Waals surface area contributed by atoms with Crippen molar-refractivity contribution in [2.45, 2.75) is 70.1 Å². The second kappa shape index (κ2) is 9.93. The smallest absolute Gasteiger partial charge is 0.405 e. The molecule has 0 aliphatic carbocycles. The monoisotopic (exact) mass is 457 g/mol. The van der Waals surface area contributed by atoms with Crippen LogP contribution in [0.2, 0.25) is 18.1 Å². The number of carboxylic acid groups (broad SMARTS) is 1. The van der Waals surface area contributed by atoms with E-state index in [-0.39, 0.29) is 17.4 Å². The highest BCUT2D eigenvalue weighted by atomic mass is 32.2. The molecule has 30 heavy (non-hydrogen) atoms. The Hall–Kier alpha value is -1.91. The number of carbonyl (C=O) groups is 2. The number of amides is 2. The summed E-state index contributed by atoms with van der Waals surface area (Å²) in [5, 5.41) is 11.2. The summed E-state index contributed by atoms with van der Waals surface area (Å²) in [6.07, 6.45) is -1.07. The van der Waals surface area contributed by atoms with Gasteiger partial charge in [-0.25, -0.2) is 13.4 Å². The molecule has 1 unspecified atom stereocenters. The molecule has 0 saturated heterocycles. The molecule has 0 heterocycles. The normalized spacial score (nSPS) is 15.2. The highest BCUT2D eigenvalue weighted by Gasteiger charge is 2.39. The summed E-state index contributed by atoms with van der Waals surface area (Å²) in [6.45, 7) is 13.9. The molecule has 0 saturated carbocycles. The van der Waals surface area contributed by atoms with E-state index in [1.54, 1.807) is 24.3 Å². The minimum Gasteiger partial charge on any atom is -0.497 e. The Bertz CT molecular complexity index is 887. The van der Waals surface area contributed by atoms with E-state index in [2.05, 4.69) is 14.1 Å². The lowest BCUT2D eigenvalue weighted by Gasteiger charge is -2.38. The van der Waals surface area contributed by atoms with Gasteiger partial charge in [-0.15, -0.1) is 4.36 Å². The minimum absolute atomic E-state index is 0.0437. The molecule has 0 fully saturated rings. The van der Waals surface area contributed by atoms with E-state index in [9.17, 15) is 13.8 Å². The van der Waals surface area contributed by atoms with Crippen LogP contribution in [0.25, 0.3) is 0 Å². The van der Waals surface area contributed by atoms with Gasteiger partial charge in [0, 0.05) is 0 Å². The number of carbonyl (C=O) groups excluding carboxylic acids is 1. The van der Waals surface area contributed by atoms with Crippen LogP contribution in [-0.2, 0) is 14.7 Å². The molecule has 170 valence electrons. The van der Waals surface area contributed by atoms with E-state index in [1.807, 2.05) is 47.7 Å². The van der Waals surface area contributed by atoms with Crippen molar-refractivity contribution in [2.24, 2.45) is 10.3 Å². The molecule has 0 spiro atoms. The van der Waals surface area contributed by atoms with Crippen molar-refractivity contribution in [1.82, 2.24) is 9.70 Å². The zero-order valence-corrected chi connectivity index (χ0v) is 20.9. The van der Waals surface area contributed by atoms with E-state index < -0.39 is 36.2 Å². The van der Waals surface area contributed by atoms with E-state index in [0.29, 0.717) is 10.6 Å². The van der Waals surface area contributed by atoms with Gasteiger partial charge in [-0.1, -0.05) is 53.8 Å². The van der Waals surface area contributed by atoms with E-state index in [0.717, 1.165) is 0 Å². The fourth-order valence-corrected chi connectivity index (χ4v) is 8.11. The van der Waals surface area contributed by atoms with Gasteiger partial charge in [0.05, 0.1) is 12.0 Å². The summed E-state index contributed by atoms with van der Waals surface area (Å²) in [5.41, 5.74) is 0. The van der Waals surface area contributed by atoms with Crippen LogP contribution in [0.15, 0.2) is 33.5 Å². The SMILES string of the molecule is COc1cccc(S(=O)(=NC(=O)[C@H](CC(C)C)NC(=O)O)N[Si](C)(C)C(C)(C)C)c1. The predicted molar refractivity (Wildman–Crippen MR) is 122 cm³/mol. The number of hydrogen-bond donors (Lipinski definition) is 3. The summed E-state index contributed by atoms with van der Waals surface area (Å²) in [7, 11) is -4.25. The lowest BCUT2D eigenvalue weighted by Crippen LogP contribution is -2.54. The van der Waals surface area contributed by atoms with Gasteiger partial charge in [-0.3, -0.25) is 4.79 Å². The zero-order valence-electron chi connectivity index (χ0n) is 19.1. The Balaban J connectivity index is 3.60. The van der Waals surface area contributed by atoms with Crippen molar-refractivity contribution in [1.29, 1.82) is 0 Å². The maximum atomic E-state index is 14.1. The Morgan fingerprint density at radius 3 is 2.33 bits per heavy atom. The largest absolute Gasteiger partial charge is 0.497 e. The molecule has 10 heteroatoms. The van der Waals surface area contributed by atoms with Crippen LogP contribution < -0.4 is 14.4 Å². The van der Waals surface area contributed by atoms with Crippen molar-refractivity contribution in [3.05, 3.63) is 24.3 Å². The number of ether oxygens (including phenoxy) is 1. The van der Waals surface area contributed by atoms with Gasteiger partial charge >= 0.3 is 6.09 Å². The average Bonchev–Trinajstić information content (AvgIpc) is 2.58. The Labute approximate surface area is 181 Å². The molecule has 2 atom stereocenters. The van der Waals surface area contributed by atoms with E-state index in [1.165, 1.54) is 7.11 Å². The third kappa shape index (κ3) is 7.10. The Kier molecular flexibility index (Phi) is 8.65. The van der Waals surface area contributed by atoms with Crippen LogP contribution >= 0.6 is 0 Å². The molecule has 8 nitrogen and oxygen atoms in total. The van der Waals surface area contributed by atoms with Crippen molar-refractivity contribution in [2.75, 3.05) is 7.11 Å². The molecule has 1 rings (SSSR count). The highest BCUT2D eigenvalue weighted by molar-refractivity contribution is 7.93.